The SMILES string of the molecule is Cc1n[nH]cc1NC(=O)Nc1ccc(-c2nc(N3CCOC[C@@H]3C)cc(C3(S(=O)(=O)CCCO)CCOCC3)n2)cc1. The third-order valence-corrected chi connectivity index (χ3v) is 10.4. The zero-order valence-electron chi connectivity index (χ0n) is 23.8. The zero-order chi connectivity index (χ0) is 29.7. The van der Waals surface area contributed by atoms with E-state index in [9.17, 15) is 18.3 Å². The first-order valence-electron chi connectivity index (χ1n) is 14.1. The van der Waals surface area contributed by atoms with Gasteiger partial charge in [-0.25, -0.2) is 23.2 Å². The van der Waals surface area contributed by atoms with Crippen molar-refractivity contribution >= 4 is 33.1 Å². The normalized spacial score (nSPS) is 18.9. The topological polar surface area (TPSA) is 172 Å². The molecule has 4 heterocycles. The molecule has 13 nitrogen and oxygen atoms in total. The number of aromatic amines is 1. The molecule has 1 aromatic carbocycles. The molecule has 2 aromatic heterocycles. The molecule has 226 valence electrons. The van der Waals surface area contributed by atoms with Crippen LogP contribution in [0.5, 0.6) is 0 Å². The van der Waals surface area contributed by atoms with E-state index in [2.05, 4.69) is 25.7 Å². The maximum atomic E-state index is 13.8. The minimum atomic E-state index is -3.70. The Morgan fingerprint density at radius 1 is 1.14 bits per heavy atom. The number of carbonyl (C=O) groups excluding carboxylic acids is 1. The number of aromatic nitrogens is 4. The number of aryl methyl sites for hydroxylation is 1. The van der Waals surface area contributed by atoms with Crippen molar-refractivity contribution in [2.24, 2.45) is 0 Å². The number of nitrogens with zero attached hydrogens (tertiary/aromatic N) is 4. The van der Waals surface area contributed by atoms with Gasteiger partial charge >= 0.3 is 6.03 Å². The Kier molecular flexibility index (Phi) is 9.06. The van der Waals surface area contributed by atoms with Crippen molar-refractivity contribution in [3.8, 4) is 11.4 Å². The second kappa shape index (κ2) is 12.7. The molecule has 0 spiro atoms. The van der Waals surface area contributed by atoms with Crippen LogP contribution in [-0.2, 0) is 24.1 Å². The minimum absolute atomic E-state index is 0.0370. The number of benzene rings is 1. The Bertz CT molecular complexity index is 1490. The molecule has 0 unspecified atom stereocenters. The number of carbonyl (C=O) groups is 1. The van der Waals surface area contributed by atoms with E-state index in [1.165, 1.54) is 0 Å². The highest BCUT2D eigenvalue weighted by Crippen LogP contribution is 2.42. The van der Waals surface area contributed by atoms with Gasteiger partial charge in [-0.3, -0.25) is 5.10 Å². The van der Waals surface area contributed by atoms with Crippen LogP contribution in [0.25, 0.3) is 11.4 Å². The summed E-state index contributed by atoms with van der Waals surface area (Å²) in [6.07, 6.45) is 2.29. The van der Waals surface area contributed by atoms with Crippen LogP contribution in [0.4, 0.5) is 22.0 Å². The molecule has 2 aliphatic rings. The van der Waals surface area contributed by atoms with E-state index in [0.29, 0.717) is 72.9 Å². The molecule has 2 amide bonds. The Morgan fingerprint density at radius 2 is 1.90 bits per heavy atom. The zero-order valence-corrected chi connectivity index (χ0v) is 24.6. The lowest BCUT2D eigenvalue weighted by Gasteiger charge is -2.38. The van der Waals surface area contributed by atoms with Gasteiger partial charge in [0.15, 0.2) is 15.7 Å². The highest BCUT2D eigenvalue weighted by atomic mass is 32.2. The third kappa shape index (κ3) is 6.26. The number of sulfone groups is 1. The smallest absolute Gasteiger partial charge is 0.323 e. The van der Waals surface area contributed by atoms with E-state index < -0.39 is 20.6 Å². The summed E-state index contributed by atoms with van der Waals surface area (Å²) < 4.78 is 37.6. The molecule has 3 aromatic rings. The largest absolute Gasteiger partial charge is 0.396 e. The van der Waals surface area contributed by atoms with E-state index >= 15 is 0 Å². The van der Waals surface area contributed by atoms with Gasteiger partial charge in [0.1, 0.15) is 10.6 Å². The number of rotatable bonds is 9. The third-order valence-electron chi connectivity index (χ3n) is 7.79. The number of H-pyrrole nitrogens is 1. The molecule has 2 aliphatic heterocycles. The van der Waals surface area contributed by atoms with Gasteiger partial charge < -0.3 is 30.1 Å². The van der Waals surface area contributed by atoms with Crippen molar-refractivity contribution in [1.82, 2.24) is 20.2 Å². The number of urea groups is 1. The van der Waals surface area contributed by atoms with Gasteiger partial charge in [-0.15, -0.1) is 0 Å². The lowest BCUT2D eigenvalue weighted by Crippen LogP contribution is -2.46. The first-order valence-corrected chi connectivity index (χ1v) is 15.7. The van der Waals surface area contributed by atoms with Crippen LogP contribution in [0.1, 0.15) is 37.6 Å². The molecule has 0 saturated carbocycles. The number of amides is 2. The molecule has 42 heavy (non-hydrogen) atoms. The Labute approximate surface area is 245 Å². The predicted molar refractivity (Wildman–Crippen MR) is 158 cm³/mol. The maximum absolute atomic E-state index is 13.8. The lowest BCUT2D eigenvalue weighted by atomic mass is 9.94. The predicted octanol–water partition coefficient (Wildman–Crippen LogP) is 2.85. The molecule has 14 heteroatoms. The van der Waals surface area contributed by atoms with Crippen LogP contribution in [0.15, 0.2) is 36.5 Å². The summed E-state index contributed by atoms with van der Waals surface area (Å²) in [6.45, 7) is 5.87. The fourth-order valence-electron chi connectivity index (χ4n) is 5.36. The molecule has 0 bridgehead atoms. The highest BCUT2D eigenvalue weighted by Gasteiger charge is 2.48. The summed E-state index contributed by atoms with van der Waals surface area (Å²) in [5, 5.41) is 21.6. The van der Waals surface area contributed by atoms with E-state index in [0.717, 1.165) is 0 Å². The molecule has 5 rings (SSSR count). The Morgan fingerprint density at radius 3 is 2.57 bits per heavy atom. The van der Waals surface area contributed by atoms with Crippen LogP contribution < -0.4 is 15.5 Å². The summed E-state index contributed by atoms with van der Waals surface area (Å²) in [5.41, 5.74) is 2.91. The van der Waals surface area contributed by atoms with E-state index in [-0.39, 0.29) is 37.7 Å². The summed E-state index contributed by atoms with van der Waals surface area (Å²) in [6, 6.07) is 8.49. The van der Waals surface area contributed by atoms with E-state index in [4.69, 9.17) is 19.4 Å². The van der Waals surface area contributed by atoms with Crippen LogP contribution in [0.2, 0.25) is 0 Å². The molecular formula is C28H37N7O6S. The molecular weight excluding hydrogens is 562 g/mol. The molecule has 2 fully saturated rings. The molecule has 2 saturated heterocycles. The number of nitrogens with one attached hydrogen (secondary N) is 3. The number of ether oxygens (including phenoxy) is 2. The van der Waals surface area contributed by atoms with Gasteiger partial charge in [0, 0.05) is 49.9 Å². The second-order valence-corrected chi connectivity index (χ2v) is 13.0. The first-order chi connectivity index (χ1) is 20.2. The number of hydrogen-bond acceptors (Lipinski definition) is 10. The Balaban J connectivity index is 1.50. The fourth-order valence-corrected chi connectivity index (χ4v) is 7.47. The van der Waals surface area contributed by atoms with E-state index in [1.807, 2.05) is 6.92 Å². The number of aliphatic hydroxyl groups excluding tert-OH is 1. The number of hydrogen-bond donors (Lipinski definition) is 4. The molecule has 1 atom stereocenters. The van der Waals surface area contributed by atoms with Gasteiger partial charge in [-0.1, -0.05) is 0 Å². The standard InChI is InChI=1S/C28H37N7O6S/c1-19-18-41-14-10-35(19)25-16-24(28(8-12-40-13-9-28)42(38,39)15-3-11-36)32-26(33-25)21-4-6-22(7-5-21)30-27(37)31-23-17-29-34-20(23)2/h4-7,16-17,19,36H,3,8-15,18H2,1-2H3,(H,29,34)(H2,30,31,37)/t19-/m0/s1. The monoisotopic (exact) mass is 599 g/mol. The number of morpholine rings is 1. The van der Waals surface area contributed by atoms with Gasteiger partial charge in [-0.05, 0) is 57.4 Å². The lowest BCUT2D eigenvalue weighted by molar-refractivity contribution is 0.0729. The van der Waals surface area contributed by atoms with Crippen LogP contribution >= 0.6 is 0 Å². The highest BCUT2D eigenvalue weighted by molar-refractivity contribution is 7.92. The summed E-state index contributed by atoms with van der Waals surface area (Å²) in [4.78, 5) is 24.3. The fraction of sp³-hybridized carbons (Fsp3) is 0.500. The van der Waals surface area contributed by atoms with E-state index in [1.54, 1.807) is 43.5 Å². The number of anilines is 3. The number of aliphatic hydroxyl groups is 1. The Hall–Kier alpha value is -3.59. The minimum Gasteiger partial charge on any atom is -0.396 e. The van der Waals surface area contributed by atoms with Crippen molar-refractivity contribution in [2.75, 3.05) is 60.9 Å². The summed E-state index contributed by atoms with van der Waals surface area (Å²) >= 11 is 0. The van der Waals surface area contributed by atoms with Gasteiger partial charge in [0.25, 0.3) is 0 Å². The summed E-state index contributed by atoms with van der Waals surface area (Å²) in [5.74, 6) is 0.868. The van der Waals surface area contributed by atoms with Crippen LogP contribution in [0.3, 0.4) is 0 Å². The van der Waals surface area contributed by atoms with Gasteiger partial charge in [0.2, 0.25) is 0 Å². The van der Waals surface area contributed by atoms with Crippen LogP contribution in [0, 0.1) is 6.92 Å². The second-order valence-electron chi connectivity index (χ2n) is 10.6. The van der Waals surface area contributed by atoms with Gasteiger partial charge in [-0.2, -0.15) is 5.10 Å². The van der Waals surface area contributed by atoms with Crippen molar-refractivity contribution < 1.29 is 27.8 Å². The quantitative estimate of drug-likeness (QED) is 0.287. The first kappa shape index (κ1) is 29.9. The average molecular weight is 600 g/mol. The van der Waals surface area contributed by atoms with Crippen LogP contribution in [-0.4, -0.2) is 91.1 Å². The van der Waals surface area contributed by atoms with Gasteiger partial charge in [0.05, 0.1) is 42.1 Å². The molecule has 4 N–H and O–H groups in total. The summed E-state index contributed by atoms with van der Waals surface area (Å²) in [7, 11) is -3.70. The van der Waals surface area contributed by atoms with Crippen molar-refractivity contribution in [3.63, 3.8) is 0 Å². The average Bonchev–Trinajstić information content (AvgIpc) is 3.40. The van der Waals surface area contributed by atoms with Crippen molar-refractivity contribution in [1.29, 1.82) is 0 Å². The molecule has 0 aliphatic carbocycles. The maximum Gasteiger partial charge on any atom is 0.323 e. The van der Waals surface area contributed by atoms with Crippen molar-refractivity contribution in [2.45, 2.75) is 43.9 Å². The van der Waals surface area contributed by atoms with Crippen molar-refractivity contribution in [3.05, 3.63) is 47.9 Å². The molecule has 0 radical (unpaired) electrons.